The Hall–Kier alpha value is -3.42. The number of allylic oxidation sites excluding steroid dienone is 4. The molecule has 43 heavy (non-hydrogen) atoms. The first-order valence-corrected chi connectivity index (χ1v) is 18.2. The predicted molar refractivity (Wildman–Crippen MR) is 190 cm³/mol. The van der Waals surface area contributed by atoms with Crippen LogP contribution in [0.15, 0.2) is 114 Å². The average molecular weight is 581 g/mol. The van der Waals surface area contributed by atoms with Gasteiger partial charge < -0.3 is 0 Å². The van der Waals surface area contributed by atoms with Crippen LogP contribution in [0, 0.1) is 5.92 Å². The van der Waals surface area contributed by atoms with Gasteiger partial charge in [-0.3, -0.25) is 0 Å². The summed E-state index contributed by atoms with van der Waals surface area (Å²) >= 11 is 0. The summed E-state index contributed by atoms with van der Waals surface area (Å²) in [7, 11) is -2.64. The highest BCUT2D eigenvalue weighted by molar-refractivity contribution is 7.13. The van der Waals surface area contributed by atoms with Gasteiger partial charge in [0.25, 0.3) is 0 Å². The molecule has 0 radical (unpaired) electrons. The molecule has 0 aromatic heterocycles. The summed E-state index contributed by atoms with van der Waals surface area (Å²) in [5, 5.41) is 4.60. The summed E-state index contributed by atoms with van der Waals surface area (Å²) in [6, 6.07) is 35.6. The van der Waals surface area contributed by atoms with Gasteiger partial charge in [-0.05, 0) is 84.6 Å². The van der Waals surface area contributed by atoms with E-state index in [-0.39, 0.29) is 10.8 Å². The number of rotatable bonds is 5. The fourth-order valence-electron chi connectivity index (χ4n) is 7.48. The Balaban J connectivity index is 1.77. The fourth-order valence-corrected chi connectivity index (χ4v) is 13.2. The van der Waals surface area contributed by atoms with E-state index in [4.69, 9.17) is 0 Å². The van der Waals surface area contributed by atoms with Crippen LogP contribution in [0.4, 0.5) is 0 Å². The predicted octanol–water partition coefficient (Wildman–Crippen LogP) is 9.24. The van der Waals surface area contributed by atoms with E-state index in [1.54, 1.807) is 10.8 Å². The third kappa shape index (κ3) is 5.00. The topological polar surface area (TPSA) is 0 Å². The van der Waals surface area contributed by atoms with Crippen LogP contribution in [0.2, 0.25) is 5.54 Å². The van der Waals surface area contributed by atoms with Gasteiger partial charge in [0.15, 0.2) is 8.07 Å². The van der Waals surface area contributed by atoms with Gasteiger partial charge in [0, 0.05) is 5.54 Å². The van der Waals surface area contributed by atoms with Crippen molar-refractivity contribution in [1.82, 2.24) is 0 Å². The molecule has 0 bridgehead atoms. The zero-order chi connectivity index (χ0) is 30.7. The normalized spacial score (nSPS) is 16.7. The molecule has 0 saturated carbocycles. The van der Waals surface area contributed by atoms with Crippen LogP contribution < -0.4 is 15.6 Å². The lowest BCUT2D eigenvalue weighted by Gasteiger charge is -2.41. The van der Waals surface area contributed by atoms with Crippen molar-refractivity contribution < 1.29 is 0 Å². The van der Waals surface area contributed by atoms with Crippen LogP contribution in [0.5, 0.6) is 0 Å². The number of benzene rings is 4. The molecule has 0 aliphatic heterocycles. The molecular formula is C42H48Si. The molecule has 1 atom stereocenters. The first-order chi connectivity index (χ1) is 20.3. The summed E-state index contributed by atoms with van der Waals surface area (Å²) in [5.74, 6) is 0.505. The Morgan fingerprint density at radius 2 is 1.23 bits per heavy atom. The van der Waals surface area contributed by atoms with Crippen LogP contribution >= 0.6 is 0 Å². The second-order valence-corrected chi connectivity index (χ2v) is 19.3. The smallest absolute Gasteiger partial charge is 0.0756 e. The Labute approximate surface area is 261 Å². The third-order valence-electron chi connectivity index (χ3n) is 10.0. The van der Waals surface area contributed by atoms with Crippen molar-refractivity contribution >= 4 is 23.6 Å². The van der Waals surface area contributed by atoms with E-state index in [0.29, 0.717) is 11.5 Å². The van der Waals surface area contributed by atoms with Crippen molar-refractivity contribution in [3.63, 3.8) is 0 Å². The van der Waals surface area contributed by atoms with Crippen molar-refractivity contribution in [2.24, 2.45) is 5.92 Å². The fraction of sp³-hybridized carbons (Fsp3) is 0.333. The van der Waals surface area contributed by atoms with Gasteiger partial charge in [-0.2, -0.15) is 0 Å². The van der Waals surface area contributed by atoms with Gasteiger partial charge in [-0.1, -0.05) is 164 Å². The van der Waals surface area contributed by atoms with Crippen LogP contribution in [-0.4, -0.2) is 8.07 Å². The SMILES string of the molecule is CC1=CC(C(C)C)=CC1[Si](c1ccccc1)(c1ccccc1)c1cc(C(C)(C)C)cc2c1Cc1ccc(C(C)(C)C)cc1-2. The molecule has 2 aliphatic carbocycles. The zero-order valence-corrected chi connectivity index (χ0v) is 28.7. The number of fused-ring (bicyclic) bond motifs is 3. The molecule has 0 saturated heterocycles. The van der Waals surface area contributed by atoms with Gasteiger partial charge in [-0.25, -0.2) is 0 Å². The molecule has 220 valence electrons. The second kappa shape index (κ2) is 10.6. The van der Waals surface area contributed by atoms with Crippen molar-refractivity contribution in [3.05, 3.63) is 137 Å². The van der Waals surface area contributed by atoms with E-state index >= 15 is 0 Å². The molecule has 1 unspecified atom stereocenters. The quantitative estimate of drug-likeness (QED) is 0.144. The Morgan fingerprint density at radius 3 is 1.74 bits per heavy atom. The maximum atomic E-state index is 2.65. The highest BCUT2D eigenvalue weighted by Crippen LogP contribution is 2.45. The van der Waals surface area contributed by atoms with E-state index in [9.17, 15) is 0 Å². The van der Waals surface area contributed by atoms with Crippen LogP contribution in [-0.2, 0) is 17.3 Å². The average Bonchev–Trinajstić information content (AvgIpc) is 3.54. The van der Waals surface area contributed by atoms with Crippen LogP contribution in [0.25, 0.3) is 11.1 Å². The summed E-state index contributed by atoms with van der Waals surface area (Å²) in [4.78, 5) is 0. The highest BCUT2D eigenvalue weighted by Gasteiger charge is 2.50. The standard InChI is InChI=1S/C42H48Si/c1-28(2)31-22-29(3)39(24-31)43(34-16-12-10-13-17-34,35-18-14-11-15-19-35)40-27-33(42(7,8)9)26-37-36-25-32(41(4,5)6)21-20-30(36)23-38(37)40/h10-22,24-28,39H,23H2,1-9H3. The van der Waals surface area contributed by atoms with Crippen molar-refractivity contribution in [2.75, 3.05) is 0 Å². The Bertz CT molecular complexity index is 1680. The molecular weight excluding hydrogens is 533 g/mol. The molecule has 0 nitrogen and oxygen atoms in total. The van der Waals surface area contributed by atoms with E-state index in [2.05, 4.69) is 165 Å². The number of hydrogen-bond acceptors (Lipinski definition) is 0. The molecule has 0 spiro atoms. The summed E-state index contributed by atoms with van der Waals surface area (Å²) < 4.78 is 0. The van der Waals surface area contributed by atoms with Crippen molar-refractivity contribution in [1.29, 1.82) is 0 Å². The lowest BCUT2D eigenvalue weighted by atomic mass is 9.83. The Kier molecular flexibility index (Phi) is 7.33. The van der Waals surface area contributed by atoms with Gasteiger partial charge in [0.05, 0.1) is 0 Å². The molecule has 0 amide bonds. The lowest BCUT2D eigenvalue weighted by Crippen LogP contribution is -2.70. The van der Waals surface area contributed by atoms with Gasteiger partial charge >= 0.3 is 0 Å². The molecule has 0 heterocycles. The minimum atomic E-state index is -2.64. The van der Waals surface area contributed by atoms with E-state index in [1.807, 2.05) is 0 Å². The summed E-state index contributed by atoms with van der Waals surface area (Å²) in [6.07, 6.45) is 6.16. The molecule has 6 rings (SSSR count). The van der Waals surface area contributed by atoms with Gasteiger partial charge in [0.1, 0.15) is 0 Å². The molecule has 0 fully saturated rings. The molecule has 4 aromatic rings. The van der Waals surface area contributed by atoms with E-state index < -0.39 is 8.07 Å². The maximum absolute atomic E-state index is 2.65. The lowest BCUT2D eigenvalue weighted by molar-refractivity contribution is 0.589. The monoisotopic (exact) mass is 580 g/mol. The largest absolute Gasteiger partial charge is 0.159 e. The van der Waals surface area contributed by atoms with E-state index in [0.717, 1.165) is 6.42 Å². The van der Waals surface area contributed by atoms with Gasteiger partial charge in [0.2, 0.25) is 0 Å². The molecule has 1 heteroatoms. The van der Waals surface area contributed by atoms with Crippen molar-refractivity contribution in [3.8, 4) is 11.1 Å². The number of hydrogen-bond donors (Lipinski definition) is 0. The highest BCUT2D eigenvalue weighted by atomic mass is 28.3. The summed E-state index contributed by atoms with van der Waals surface area (Å²) in [6.45, 7) is 21.2. The van der Waals surface area contributed by atoms with E-state index in [1.165, 1.54) is 49.3 Å². The second-order valence-electron chi connectivity index (χ2n) is 15.3. The summed E-state index contributed by atoms with van der Waals surface area (Å²) in [5.41, 5.74) is 12.2. The van der Waals surface area contributed by atoms with Crippen molar-refractivity contribution in [2.45, 2.75) is 85.1 Å². The molecule has 2 aliphatic rings. The molecule has 0 N–H and O–H groups in total. The maximum Gasteiger partial charge on any atom is 0.159 e. The van der Waals surface area contributed by atoms with Crippen LogP contribution in [0.3, 0.4) is 0 Å². The Morgan fingerprint density at radius 1 is 0.674 bits per heavy atom. The minimum Gasteiger partial charge on any atom is -0.0756 e. The van der Waals surface area contributed by atoms with Gasteiger partial charge in [-0.15, -0.1) is 0 Å². The third-order valence-corrected chi connectivity index (χ3v) is 15.3. The minimum absolute atomic E-state index is 0.0289. The first kappa shape index (κ1) is 29.6. The zero-order valence-electron chi connectivity index (χ0n) is 27.7. The molecule has 4 aromatic carbocycles. The van der Waals surface area contributed by atoms with Crippen LogP contribution in [0.1, 0.15) is 84.6 Å². The first-order valence-electron chi connectivity index (χ1n) is 16.1.